The Hall–Kier alpha value is -1.53. The van der Waals surface area contributed by atoms with Gasteiger partial charge in [0.1, 0.15) is 0 Å². The Kier molecular flexibility index (Phi) is 9.50. The molecule has 0 saturated carbocycles. The number of allylic oxidation sites excluding steroid dienone is 2. The second kappa shape index (κ2) is 11.6. The number of carboxylic acids is 1. The number of aliphatic carboxylic acids is 1. The van der Waals surface area contributed by atoms with E-state index in [1.165, 1.54) is 0 Å². The Bertz CT molecular complexity index is 821. The van der Waals surface area contributed by atoms with Crippen LogP contribution in [0.3, 0.4) is 0 Å². The molecule has 2 aromatic carbocycles. The van der Waals surface area contributed by atoms with Gasteiger partial charge in [0.05, 0.1) is 12.7 Å². The number of aromatic hydroxyl groups is 1. The van der Waals surface area contributed by atoms with E-state index in [0.29, 0.717) is 25.0 Å². The predicted molar refractivity (Wildman–Crippen MR) is 105 cm³/mol. The number of carbonyl (C=O) groups is 1. The zero-order valence-electron chi connectivity index (χ0n) is 16.5. The number of hydrogen-bond donors (Lipinski definition) is 2. The summed E-state index contributed by atoms with van der Waals surface area (Å²) in [6, 6.07) is 16.3. The Morgan fingerprint density at radius 2 is 2.03 bits per heavy atom. The monoisotopic (exact) mass is 470 g/mol. The van der Waals surface area contributed by atoms with Gasteiger partial charge in [0.15, 0.2) is 6.29 Å². The van der Waals surface area contributed by atoms with E-state index in [-0.39, 0.29) is 56.9 Å². The number of hydrogen-bond acceptors (Lipinski definition) is 4. The fourth-order valence-electron chi connectivity index (χ4n) is 3.32. The van der Waals surface area contributed by atoms with Crippen LogP contribution in [0.15, 0.2) is 54.6 Å². The van der Waals surface area contributed by atoms with Crippen LogP contribution in [0.1, 0.15) is 48.3 Å². The molecule has 0 aromatic heterocycles. The van der Waals surface area contributed by atoms with Gasteiger partial charge in [-0.05, 0) is 12.8 Å². The topological polar surface area (TPSA) is 76.0 Å². The SMILES string of the molecule is Cc1c[c-]c(O)c([C@@H]2O[C@H](c3ccccc3)OC[C@@H]2C/C=C\CCC(=O)O)c1.[Y]. The summed E-state index contributed by atoms with van der Waals surface area (Å²) in [5.74, 6) is -0.718. The Labute approximate surface area is 196 Å². The molecule has 2 aromatic rings. The molecule has 6 heteroatoms. The molecule has 3 rings (SSSR count). The Balaban J connectivity index is 0.00000300. The fraction of sp³-hybridized carbons (Fsp3) is 0.348. The minimum Gasteiger partial charge on any atom is -0.534 e. The van der Waals surface area contributed by atoms with Gasteiger partial charge in [-0.1, -0.05) is 55.0 Å². The summed E-state index contributed by atoms with van der Waals surface area (Å²) in [6.07, 6.45) is 4.26. The van der Waals surface area contributed by atoms with Crippen molar-refractivity contribution in [2.24, 2.45) is 5.92 Å². The van der Waals surface area contributed by atoms with Crippen molar-refractivity contribution < 1.29 is 57.2 Å². The van der Waals surface area contributed by atoms with E-state index in [9.17, 15) is 9.90 Å². The minimum atomic E-state index is -0.808. The molecule has 1 saturated heterocycles. The molecule has 1 radical (unpaired) electrons. The number of rotatable bonds is 7. The number of phenolic OH excluding ortho intramolecular Hbond substituents is 1. The van der Waals surface area contributed by atoms with Gasteiger partial charge in [-0.15, -0.1) is 6.07 Å². The maximum absolute atomic E-state index is 10.6. The van der Waals surface area contributed by atoms with Crippen LogP contribution in [0.2, 0.25) is 0 Å². The summed E-state index contributed by atoms with van der Waals surface area (Å²) < 4.78 is 12.2. The number of benzene rings is 2. The normalized spacial score (nSPS) is 21.6. The van der Waals surface area contributed by atoms with Crippen molar-refractivity contribution in [2.75, 3.05) is 6.61 Å². The predicted octanol–water partition coefficient (Wildman–Crippen LogP) is 4.71. The molecule has 0 unspecified atom stereocenters. The summed E-state index contributed by atoms with van der Waals surface area (Å²) >= 11 is 0. The standard InChI is InChI=1S/C23H25O5.Y/c1-16-12-13-20(24)19(14-16)22-18(10-6-3-7-11-21(25)26)15-27-23(28-22)17-8-4-2-5-9-17;/h2-6,8-9,12,14,18,22-24H,7,10-11,15H2,1H3,(H,25,26);/q-1;/b6-3-;/t18-,22+,23+;/m0./s1. The first-order chi connectivity index (χ1) is 13.5. The number of aryl methyl sites for hydroxylation is 1. The maximum atomic E-state index is 10.6. The van der Waals surface area contributed by atoms with E-state index in [0.717, 1.165) is 11.1 Å². The van der Waals surface area contributed by atoms with Gasteiger partial charge >= 0.3 is 5.97 Å². The van der Waals surface area contributed by atoms with E-state index in [4.69, 9.17) is 14.6 Å². The molecule has 29 heavy (non-hydrogen) atoms. The van der Waals surface area contributed by atoms with Crippen molar-refractivity contribution in [1.29, 1.82) is 0 Å². The quantitative estimate of drug-likeness (QED) is 0.453. The average Bonchev–Trinajstić information content (AvgIpc) is 2.70. The van der Waals surface area contributed by atoms with Crippen LogP contribution in [-0.2, 0) is 47.0 Å². The molecule has 1 fully saturated rings. The van der Waals surface area contributed by atoms with Gasteiger partial charge in [-0.25, -0.2) is 0 Å². The van der Waals surface area contributed by atoms with E-state index < -0.39 is 12.3 Å². The van der Waals surface area contributed by atoms with Crippen LogP contribution >= 0.6 is 0 Å². The minimum absolute atomic E-state index is 0. The first-order valence-electron chi connectivity index (χ1n) is 9.44. The van der Waals surface area contributed by atoms with Crippen LogP contribution in [0.5, 0.6) is 5.75 Å². The van der Waals surface area contributed by atoms with Gasteiger partial charge in [0.2, 0.25) is 0 Å². The maximum Gasteiger partial charge on any atom is 0.303 e. The molecule has 1 aliphatic heterocycles. The summed E-state index contributed by atoms with van der Waals surface area (Å²) in [5.41, 5.74) is 2.63. The van der Waals surface area contributed by atoms with Crippen LogP contribution in [0.25, 0.3) is 0 Å². The van der Waals surface area contributed by atoms with Crippen molar-refractivity contribution in [3.8, 4) is 5.75 Å². The summed E-state index contributed by atoms with van der Waals surface area (Å²) in [7, 11) is 0. The van der Waals surface area contributed by atoms with E-state index >= 15 is 0 Å². The van der Waals surface area contributed by atoms with E-state index in [2.05, 4.69) is 6.07 Å². The number of carboxylic acid groups (broad SMARTS) is 1. The zero-order valence-corrected chi connectivity index (χ0v) is 19.3. The molecular weight excluding hydrogens is 445 g/mol. The van der Waals surface area contributed by atoms with Crippen molar-refractivity contribution in [1.82, 2.24) is 0 Å². The van der Waals surface area contributed by atoms with Gasteiger partial charge in [0, 0.05) is 56.4 Å². The molecule has 1 heterocycles. The van der Waals surface area contributed by atoms with Crippen molar-refractivity contribution >= 4 is 5.97 Å². The second-order valence-corrected chi connectivity index (χ2v) is 7.01. The molecular formula is C23H25O5Y-. The molecule has 5 nitrogen and oxygen atoms in total. The van der Waals surface area contributed by atoms with E-state index in [1.54, 1.807) is 6.07 Å². The summed E-state index contributed by atoms with van der Waals surface area (Å²) in [6.45, 7) is 2.43. The van der Waals surface area contributed by atoms with Crippen LogP contribution < -0.4 is 0 Å². The van der Waals surface area contributed by atoms with Gasteiger partial charge in [-0.2, -0.15) is 17.7 Å². The first kappa shape index (κ1) is 23.7. The molecule has 0 aliphatic carbocycles. The van der Waals surface area contributed by atoms with Gasteiger partial charge in [0.25, 0.3) is 0 Å². The van der Waals surface area contributed by atoms with Crippen molar-refractivity contribution in [2.45, 2.75) is 38.6 Å². The zero-order chi connectivity index (χ0) is 19.9. The molecule has 1 aliphatic rings. The Morgan fingerprint density at radius 3 is 2.76 bits per heavy atom. The largest absolute Gasteiger partial charge is 0.534 e. The average molecular weight is 470 g/mol. The summed E-state index contributed by atoms with van der Waals surface area (Å²) in [4.78, 5) is 10.6. The molecule has 0 spiro atoms. The van der Waals surface area contributed by atoms with Crippen LogP contribution in [0, 0.1) is 18.9 Å². The third-order valence-corrected chi connectivity index (χ3v) is 4.76. The fourth-order valence-corrected chi connectivity index (χ4v) is 3.32. The van der Waals surface area contributed by atoms with Crippen molar-refractivity contribution in [3.05, 3.63) is 77.4 Å². The van der Waals surface area contributed by atoms with Crippen molar-refractivity contribution in [3.63, 3.8) is 0 Å². The number of phenols is 1. The van der Waals surface area contributed by atoms with E-state index in [1.807, 2.05) is 55.5 Å². The smallest absolute Gasteiger partial charge is 0.303 e. The van der Waals surface area contributed by atoms with Gasteiger partial charge in [-0.3, -0.25) is 4.79 Å². The summed E-state index contributed by atoms with van der Waals surface area (Å²) in [5, 5.41) is 19.1. The van der Waals surface area contributed by atoms with Crippen LogP contribution in [0.4, 0.5) is 0 Å². The molecule has 2 N–H and O–H groups in total. The first-order valence-corrected chi connectivity index (χ1v) is 9.44. The number of ether oxygens (including phenoxy) is 2. The van der Waals surface area contributed by atoms with Gasteiger partial charge < -0.3 is 19.7 Å². The third-order valence-electron chi connectivity index (χ3n) is 4.76. The molecule has 151 valence electrons. The molecule has 0 amide bonds. The Morgan fingerprint density at radius 1 is 1.28 bits per heavy atom. The molecule has 0 bridgehead atoms. The third kappa shape index (κ3) is 6.75. The van der Waals surface area contributed by atoms with Crippen LogP contribution in [-0.4, -0.2) is 22.8 Å². The molecule has 3 atom stereocenters. The second-order valence-electron chi connectivity index (χ2n) is 7.01.